The van der Waals surface area contributed by atoms with E-state index < -0.39 is 6.09 Å². The molecule has 172 valence electrons. The molecule has 8 heteroatoms. The number of ether oxygens (including phenoxy) is 4. The highest BCUT2D eigenvalue weighted by atomic mass is 79.9. The number of alkyl halides is 1. The van der Waals surface area contributed by atoms with Crippen LogP contribution in [0.25, 0.3) is 0 Å². The van der Waals surface area contributed by atoms with Crippen molar-refractivity contribution in [3.63, 3.8) is 0 Å². The fourth-order valence-corrected chi connectivity index (χ4v) is 3.19. The van der Waals surface area contributed by atoms with E-state index in [1.807, 2.05) is 36.4 Å². The molecule has 0 aliphatic rings. The molecule has 3 rings (SSSR count). The predicted octanol–water partition coefficient (Wildman–Crippen LogP) is 5.76. The number of alkyl carbamates (subject to hydrolysis) is 1. The Hall–Kier alpha value is -3.52. The Morgan fingerprint density at radius 1 is 0.879 bits per heavy atom. The molecule has 0 atom stereocenters. The van der Waals surface area contributed by atoms with Crippen LogP contribution < -0.4 is 19.5 Å². The second-order valence-electron chi connectivity index (χ2n) is 6.90. The summed E-state index contributed by atoms with van der Waals surface area (Å²) < 4.78 is 21.6. The third kappa shape index (κ3) is 7.54. The Morgan fingerprint density at radius 3 is 2.21 bits per heavy atom. The lowest BCUT2D eigenvalue weighted by atomic mass is 10.2. The van der Waals surface area contributed by atoms with Gasteiger partial charge in [0.05, 0.1) is 26.2 Å². The third-order valence-corrected chi connectivity index (χ3v) is 5.29. The van der Waals surface area contributed by atoms with Crippen LogP contribution in [0, 0.1) is 0 Å². The Labute approximate surface area is 201 Å². The van der Waals surface area contributed by atoms with Gasteiger partial charge in [0.15, 0.2) is 11.5 Å². The van der Waals surface area contributed by atoms with Gasteiger partial charge in [-0.2, -0.15) is 0 Å². The van der Waals surface area contributed by atoms with E-state index in [9.17, 15) is 4.79 Å². The van der Waals surface area contributed by atoms with E-state index >= 15 is 0 Å². The zero-order chi connectivity index (χ0) is 23.5. The normalized spacial score (nSPS) is 10.6. The highest BCUT2D eigenvalue weighted by molar-refractivity contribution is 9.08. The van der Waals surface area contributed by atoms with Crippen molar-refractivity contribution in [1.82, 2.24) is 5.32 Å². The molecule has 0 heterocycles. The molecule has 0 aliphatic carbocycles. The van der Waals surface area contributed by atoms with Gasteiger partial charge in [0.2, 0.25) is 0 Å². The SMILES string of the molecule is COc1ccc(COC(=O)NC=Nc2ccc(OC)c(OCc3ccc(CBr)cc3)c2)cc1. The zero-order valence-electron chi connectivity index (χ0n) is 18.4. The Bertz CT molecular complexity index is 1070. The van der Waals surface area contributed by atoms with Gasteiger partial charge in [-0.1, -0.05) is 52.3 Å². The Balaban J connectivity index is 1.53. The Morgan fingerprint density at radius 2 is 1.55 bits per heavy atom. The minimum absolute atomic E-state index is 0.140. The maximum absolute atomic E-state index is 11.9. The lowest BCUT2D eigenvalue weighted by Gasteiger charge is -2.11. The molecule has 33 heavy (non-hydrogen) atoms. The van der Waals surface area contributed by atoms with Crippen LogP contribution in [0.5, 0.6) is 17.2 Å². The molecule has 0 aliphatic heterocycles. The molecule has 0 spiro atoms. The van der Waals surface area contributed by atoms with Gasteiger partial charge in [-0.25, -0.2) is 9.79 Å². The number of carbonyl (C=O) groups excluding carboxylic acids is 1. The third-order valence-electron chi connectivity index (χ3n) is 4.64. The summed E-state index contributed by atoms with van der Waals surface area (Å²) in [4.78, 5) is 16.1. The lowest BCUT2D eigenvalue weighted by molar-refractivity contribution is 0.145. The number of benzene rings is 3. The first-order valence-corrected chi connectivity index (χ1v) is 11.3. The van der Waals surface area contributed by atoms with E-state index in [-0.39, 0.29) is 6.61 Å². The van der Waals surface area contributed by atoms with E-state index in [2.05, 4.69) is 26.2 Å². The van der Waals surface area contributed by atoms with Crippen molar-refractivity contribution in [3.8, 4) is 17.2 Å². The number of hydrogen-bond acceptors (Lipinski definition) is 6. The predicted molar refractivity (Wildman–Crippen MR) is 131 cm³/mol. The molecule has 0 bridgehead atoms. The van der Waals surface area contributed by atoms with E-state index in [4.69, 9.17) is 18.9 Å². The fourth-order valence-electron chi connectivity index (χ4n) is 2.82. The first kappa shape index (κ1) is 24.1. The van der Waals surface area contributed by atoms with Crippen molar-refractivity contribution in [2.45, 2.75) is 18.5 Å². The highest BCUT2D eigenvalue weighted by Crippen LogP contribution is 2.32. The minimum Gasteiger partial charge on any atom is -0.497 e. The highest BCUT2D eigenvalue weighted by Gasteiger charge is 2.07. The number of rotatable bonds is 10. The quantitative estimate of drug-likeness (QED) is 0.212. The van der Waals surface area contributed by atoms with Crippen molar-refractivity contribution in [2.75, 3.05) is 14.2 Å². The molecular weight excluding hydrogens is 488 g/mol. The van der Waals surface area contributed by atoms with Crippen molar-refractivity contribution in [3.05, 3.63) is 83.4 Å². The first-order chi connectivity index (χ1) is 16.1. The molecule has 1 N–H and O–H groups in total. The van der Waals surface area contributed by atoms with E-state index in [1.165, 1.54) is 11.9 Å². The topological polar surface area (TPSA) is 78.4 Å². The number of carbonyl (C=O) groups is 1. The minimum atomic E-state index is -0.605. The van der Waals surface area contributed by atoms with Crippen molar-refractivity contribution in [2.24, 2.45) is 4.99 Å². The van der Waals surface area contributed by atoms with E-state index in [0.29, 0.717) is 23.8 Å². The molecule has 7 nitrogen and oxygen atoms in total. The smallest absolute Gasteiger partial charge is 0.412 e. The summed E-state index contributed by atoms with van der Waals surface area (Å²) in [6, 6.07) is 20.7. The second-order valence-corrected chi connectivity index (χ2v) is 7.46. The van der Waals surface area contributed by atoms with E-state index in [1.54, 1.807) is 44.6 Å². The van der Waals surface area contributed by atoms with Crippen LogP contribution in [0.2, 0.25) is 0 Å². The molecule has 0 unspecified atom stereocenters. The summed E-state index contributed by atoms with van der Waals surface area (Å²) in [6.07, 6.45) is 0.674. The van der Waals surface area contributed by atoms with E-state index in [0.717, 1.165) is 22.2 Å². The van der Waals surface area contributed by atoms with Crippen LogP contribution in [-0.2, 0) is 23.3 Å². The van der Waals surface area contributed by atoms with Crippen molar-refractivity contribution >= 4 is 34.0 Å². The molecular formula is C25H25BrN2O5. The standard InChI is InChI=1S/C25H25BrN2O5/c1-30-22-10-7-20(8-11-22)16-33-25(29)28-17-27-21-9-12-23(31-2)24(13-21)32-15-19-5-3-18(14-26)4-6-19/h3-13,17H,14-16H2,1-2H3,(H,27,28,29). The van der Waals surface area contributed by atoms with Crippen LogP contribution in [-0.4, -0.2) is 26.7 Å². The molecule has 0 saturated heterocycles. The van der Waals surface area contributed by atoms with Gasteiger partial charge < -0.3 is 18.9 Å². The number of amides is 1. The summed E-state index contributed by atoms with van der Waals surface area (Å²) >= 11 is 3.44. The molecule has 3 aromatic carbocycles. The summed E-state index contributed by atoms with van der Waals surface area (Å²) in [6.45, 7) is 0.531. The van der Waals surface area contributed by atoms with Gasteiger partial charge in [-0.05, 0) is 41.0 Å². The summed E-state index contributed by atoms with van der Waals surface area (Å²) in [7, 11) is 3.18. The number of hydrogen-bond donors (Lipinski definition) is 1. The molecule has 3 aromatic rings. The van der Waals surface area contributed by atoms with Crippen molar-refractivity contribution < 1.29 is 23.7 Å². The van der Waals surface area contributed by atoms with Gasteiger partial charge >= 0.3 is 6.09 Å². The number of nitrogens with one attached hydrogen (secondary N) is 1. The van der Waals surface area contributed by atoms with Gasteiger partial charge in [0, 0.05) is 11.4 Å². The van der Waals surface area contributed by atoms with Gasteiger partial charge in [-0.3, -0.25) is 5.32 Å². The number of methoxy groups -OCH3 is 2. The second kappa shape index (κ2) is 12.5. The van der Waals surface area contributed by atoms with Gasteiger partial charge in [0.1, 0.15) is 19.0 Å². The summed E-state index contributed by atoms with van der Waals surface area (Å²) in [5, 5.41) is 3.30. The van der Waals surface area contributed by atoms with Crippen LogP contribution >= 0.6 is 15.9 Å². The zero-order valence-corrected chi connectivity index (χ0v) is 20.0. The number of aliphatic imine (C=N–C) groups is 1. The average Bonchev–Trinajstić information content (AvgIpc) is 2.87. The molecule has 1 amide bonds. The van der Waals surface area contributed by atoms with Crippen molar-refractivity contribution in [1.29, 1.82) is 0 Å². The number of nitrogens with zero attached hydrogens (tertiary/aromatic N) is 1. The monoisotopic (exact) mass is 512 g/mol. The lowest BCUT2D eigenvalue weighted by Crippen LogP contribution is -2.22. The largest absolute Gasteiger partial charge is 0.497 e. The molecule has 0 aromatic heterocycles. The van der Waals surface area contributed by atoms with Crippen LogP contribution in [0.15, 0.2) is 71.7 Å². The Kier molecular flexibility index (Phi) is 9.14. The number of halogens is 1. The maximum Gasteiger partial charge on any atom is 0.412 e. The van der Waals surface area contributed by atoms with Crippen LogP contribution in [0.4, 0.5) is 10.5 Å². The fraction of sp³-hybridized carbons (Fsp3) is 0.200. The average molecular weight is 513 g/mol. The van der Waals surface area contributed by atoms with Crippen LogP contribution in [0.1, 0.15) is 16.7 Å². The molecule has 0 saturated carbocycles. The van der Waals surface area contributed by atoms with Crippen LogP contribution in [0.3, 0.4) is 0 Å². The molecule has 0 radical (unpaired) electrons. The first-order valence-electron chi connectivity index (χ1n) is 10.1. The maximum atomic E-state index is 11.9. The molecule has 0 fully saturated rings. The summed E-state index contributed by atoms with van der Waals surface area (Å²) in [5.74, 6) is 1.89. The summed E-state index contributed by atoms with van der Waals surface area (Å²) in [5.41, 5.74) is 3.68. The van der Waals surface area contributed by atoms with Gasteiger partial charge in [0.25, 0.3) is 0 Å². The van der Waals surface area contributed by atoms with Gasteiger partial charge in [-0.15, -0.1) is 0 Å².